The van der Waals surface area contributed by atoms with Crippen LogP contribution in [0.1, 0.15) is 50.7 Å². The lowest BCUT2D eigenvalue weighted by Gasteiger charge is -2.11. The van der Waals surface area contributed by atoms with Crippen LogP contribution in [-0.4, -0.2) is 9.13 Å². The van der Waals surface area contributed by atoms with Crippen molar-refractivity contribution in [2.45, 2.75) is 52.4 Å². The van der Waals surface area contributed by atoms with E-state index in [2.05, 4.69) is 181 Å². The minimum absolute atomic E-state index is 0.939. The van der Waals surface area contributed by atoms with E-state index in [9.17, 15) is 0 Å². The molecule has 0 atom stereocenters. The molecule has 0 aliphatic heterocycles. The van der Waals surface area contributed by atoms with E-state index in [0.29, 0.717) is 0 Å². The molecule has 0 radical (unpaired) electrons. The molecule has 0 fully saturated rings. The van der Waals surface area contributed by atoms with E-state index in [1.54, 1.807) is 0 Å². The van der Waals surface area contributed by atoms with Crippen LogP contribution in [0.25, 0.3) is 98.8 Å². The summed E-state index contributed by atoms with van der Waals surface area (Å²) in [4.78, 5) is 0. The zero-order valence-electron chi connectivity index (χ0n) is 32.6. The van der Waals surface area contributed by atoms with Crippen molar-refractivity contribution in [2.24, 2.45) is 0 Å². The lowest BCUT2D eigenvalue weighted by Crippen LogP contribution is -1.94. The van der Waals surface area contributed by atoms with Gasteiger partial charge in [0.1, 0.15) is 11.2 Å². The summed E-state index contributed by atoms with van der Waals surface area (Å²) in [6.45, 7) is 4.50. The Morgan fingerprint density at radius 1 is 0.421 bits per heavy atom. The number of aromatic nitrogens is 2. The fourth-order valence-corrected chi connectivity index (χ4v) is 9.37. The molecule has 0 spiro atoms. The number of aryl methyl sites for hydroxylation is 2. The van der Waals surface area contributed by atoms with Crippen molar-refractivity contribution in [2.75, 3.05) is 0 Å². The van der Waals surface area contributed by atoms with Crippen LogP contribution in [0.2, 0.25) is 0 Å². The number of rotatable bonds is 9. The molecule has 0 saturated heterocycles. The second-order valence-electron chi connectivity index (χ2n) is 15.8. The number of unbranched alkanes of at least 4 members (excludes halogenated alkanes) is 2. The molecule has 8 aromatic carbocycles. The molecular formula is C54H44N2O. The Labute approximate surface area is 332 Å². The standard InChI is InChI=1S/C54H44N2O/c1-3-5-12-35-20-21-38-31-41(25-22-37(38)30-35)55-49-18-9-7-15-43(49)46-32-39(23-27-51(46)55)40-24-28-52-47(33-40)44-16-8-10-19-50(44)56(52)42-26-29-53-48(34-42)45-17-11-14-36(13-6-4-2)54(45)57-53/h7-11,14-34H,3-6,12-13H2,1-2H3. The molecule has 0 aliphatic rings. The van der Waals surface area contributed by atoms with E-state index < -0.39 is 0 Å². The predicted octanol–water partition coefficient (Wildman–Crippen LogP) is 15.3. The van der Waals surface area contributed by atoms with Gasteiger partial charge in [0.25, 0.3) is 0 Å². The summed E-state index contributed by atoms with van der Waals surface area (Å²) in [5.74, 6) is 0. The third kappa shape index (κ3) is 5.48. The summed E-state index contributed by atoms with van der Waals surface area (Å²) in [6, 6.07) is 58.8. The highest BCUT2D eigenvalue weighted by Gasteiger charge is 2.18. The molecule has 3 nitrogen and oxygen atoms in total. The van der Waals surface area contributed by atoms with Gasteiger partial charge in [-0.3, -0.25) is 0 Å². The number of para-hydroxylation sites is 3. The Kier molecular flexibility index (Phi) is 8.03. The lowest BCUT2D eigenvalue weighted by atomic mass is 10.0. The van der Waals surface area contributed by atoms with Crippen LogP contribution < -0.4 is 0 Å². The second kappa shape index (κ2) is 13.6. The van der Waals surface area contributed by atoms with Gasteiger partial charge in [-0.15, -0.1) is 0 Å². The van der Waals surface area contributed by atoms with Crippen LogP contribution in [-0.2, 0) is 12.8 Å². The highest BCUT2D eigenvalue weighted by molar-refractivity contribution is 6.13. The first-order chi connectivity index (χ1) is 28.2. The van der Waals surface area contributed by atoms with Gasteiger partial charge in [-0.2, -0.15) is 0 Å². The number of furan rings is 1. The van der Waals surface area contributed by atoms with Crippen LogP contribution in [0.15, 0.2) is 162 Å². The Bertz CT molecular complexity index is 3340. The molecule has 3 heterocycles. The van der Waals surface area contributed by atoms with Crippen LogP contribution in [0.5, 0.6) is 0 Å². The van der Waals surface area contributed by atoms with Gasteiger partial charge in [-0.25, -0.2) is 0 Å². The van der Waals surface area contributed by atoms with Crippen LogP contribution >= 0.6 is 0 Å². The maximum atomic E-state index is 6.50. The normalized spacial score (nSPS) is 12.1. The van der Waals surface area contributed by atoms with Crippen LogP contribution in [0.3, 0.4) is 0 Å². The molecule has 0 amide bonds. The molecule has 11 rings (SSSR count). The fraction of sp³-hybridized carbons (Fsp3) is 0.148. The van der Waals surface area contributed by atoms with Crippen molar-refractivity contribution in [3.8, 4) is 22.5 Å². The summed E-state index contributed by atoms with van der Waals surface area (Å²) in [5.41, 5.74) is 14.3. The summed E-state index contributed by atoms with van der Waals surface area (Å²) in [5, 5.41) is 9.96. The van der Waals surface area contributed by atoms with Gasteiger partial charge in [-0.1, -0.05) is 118 Å². The van der Waals surface area contributed by atoms with Crippen molar-refractivity contribution in [3.05, 3.63) is 169 Å². The SMILES string of the molecule is CCCCc1ccc2cc(-n3c4ccccc4c4cc(-c5ccc6c(c5)c5ccccc5n6-c5ccc6oc7c(CCCC)cccc7c6c5)ccc43)ccc2c1. The minimum atomic E-state index is 0.939. The topological polar surface area (TPSA) is 23.0 Å². The molecule has 3 heteroatoms. The van der Waals surface area contributed by atoms with Crippen molar-refractivity contribution in [1.29, 1.82) is 0 Å². The van der Waals surface area contributed by atoms with E-state index in [-0.39, 0.29) is 0 Å². The lowest BCUT2D eigenvalue weighted by molar-refractivity contribution is 0.658. The number of hydrogen-bond acceptors (Lipinski definition) is 1. The Morgan fingerprint density at radius 2 is 1.00 bits per heavy atom. The maximum Gasteiger partial charge on any atom is 0.138 e. The van der Waals surface area contributed by atoms with Crippen molar-refractivity contribution in [1.82, 2.24) is 9.13 Å². The zero-order valence-corrected chi connectivity index (χ0v) is 32.6. The quantitative estimate of drug-likeness (QED) is 0.145. The summed E-state index contributed by atoms with van der Waals surface area (Å²) >= 11 is 0. The highest BCUT2D eigenvalue weighted by Crippen LogP contribution is 2.40. The number of hydrogen-bond donors (Lipinski definition) is 0. The molecule has 11 aromatic rings. The Hall–Kier alpha value is -6.58. The molecule has 3 aromatic heterocycles. The number of nitrogens with zero attached hydrogens (tertiary/aromatic N) is 2. The van der Waals surface area contributed by atoms with E-state index >= 15 is 0 Å². The predicted molar refractivity (Wildman–Crippen MR) is 243 cm³/mol. The maximum absolute atomic E-state index is 6.50. The minimum Gasteiger partial charge on any atom is -0.456 e. The second-order valence-corrected chi connectivity index (χ2v) is 15.8. The van der Waals surface area contributed by atoms with Crippen molar-refractivity contribution in [3.63, 3.8) is 0 Å². The van der Waals surface area contributed by atoms with Crippen molar-refractivity contribution >= 4 is 76.3 Å². The molecule has 57 heavy (non-hydrogen) atoms. The summed E-state index contributed by atoms with van der Waals surface area (Å²) < 4.78 is 11.3. The first kappa shape index (κ1) is 33.7. The first-order valence-electron chi connectivity index (χ1n) is 20.7. The van der Waals surface area contributed by atoms with Crippen LogP contribution in [0.4, 0.5) is 0 Å². The summed E-state index contributed by atoms with van der Waals surface area (Å²) in [6.07, 6.45) is 6.95. The molecule has 0 aliphatic carbocycles. The smallest absolute Gasteiger partial charge is 0.138 e. The van der Waals surface area contributed by atoms with Crippen LogP contribution in [0, 0.1) is 0 Å². The number of fused-ring (bicyclic) bond motifs is 10. The van der Waals surface area contributed by atoms with E-state index in [1.807, 2.05) is 0 Å². The van der Waals surface area contributed by atoms with Gasteiger partial charge in [0, 0.05) is 43.7 Å². The molecule has 276 valence electrons. The van der Waals surface area contributed by atoms with E-state index in [0.717, 1.165) is 41.5 Å². The van der Waals surface area contributed by atoms with Gasteiger partial charge < -0.3 is 13.6 Å². The Balaban J connectivity index is 1.02. The number of benzene rings is 8. The molecular weight excluding hydrogens is 693 g/mol. The third-order valence-electron chi connectivity index (χ3n) is 12.3. The van der Waals surface area contributed by atoms with Gasteiger partial charge in [0.2, 0.25) is 0 Å². The highest BCUT2D eigenvalue weighted by atomic mass is 16.3. The Morgan fingerprint density at radius 3 is 1.70 bits per heavy atom. The fourth-order valence-electron chi connectivity index (χ4n) is 9.37. The molecule has 0 N–H and O–H groups in total. The van der Waals surface area contributed by atoms with Gasteiger partial charge in [0.15, 0.2) is 0 Å². The monoisotopic (exact) mass is 736 g/mol. The van der Waals surface area contributed by atoms with Gasteiger partial charge in [0.05, 0.1) is 22.1 Å². The first-order valence-corrected chi connectivity index (χ1v) is 20.7. The zero-order chi connectivity index (χ0) is 38.0. The van der Waals surface area contributed by atoms with Gasteiger partial charge in [-0.05, 0) is 125 Å². The average Bonchev–Trinajstić information content (AvgIpc) is 3.92. The van der Waals surface area contributed by atoms with Crippen molar-refractivity contribution < 1.29 is 4.42 Å². The molecule has 0 saturated carbocycles. The largest absolute Gasteiger partial charge is 0.456 e. The van der Waals surface area contributed by atoms with E-state index in [4.69, 9.17) is 4.42 Å². The molecule has 0 bridgehead atoms. The van der Waals surface area contributed by atoms with Gasteiger partial charge >= 0.3 is 0 Å². The third-order valence-corrected chi connectivity index (χ3v) is 12.3. The summed E-state index contributed by atoms with van der Waals surface area (Å²) in [7, 11) is 0. The molecule has 0 unspecified atom stereocenters. The average molecular weight is 737 g/mol. The van der Waals surface area contributed by atoms with E-state index in [1.165, 1.54) is 107 Å².